The maximum atomic E-state index is 12.1. The van der Waals surface area contributed by atoms with E-state index in [1.54, 1.807) is 19.0 Å². The fourth-order valence-corrected chi connectivity index (χ4v) is 2.99. The third-order valence-corrected chi connectivity index (χ3v) is 4.68. The monoisotopic (exact) mass is 384 g/mol. The Bertz CT molecular complexity index is 837. The fourth-order valence-electron chi connectivity index (χ4n) is 2.99. The van der Waals surface area contributed by atoms with E-state index < -0.39 is 0 Å². The fraction of sp³-hybridized carbons (Fsp3) is 0.476. The highest BCUT2D eigenvalue weighted by Crippen LogP contribution is 2.13. The third kappa shape index (κ3) is 5.58. The van der Waals surface area contributed by atoms with Gasteiger partial charge in [0.1, 0.15) is 0 Å². The van der Waals surface area contributed by atoms with Crippen molar-refractivity contribution in [3.8, 4) is 0 Å². The van der Waals surface area contributed by atoms with Crippen LogP contribution in [0.15, 0.2) is 29.3 Å². The number of benzene rings is 1. The lowest BCUT2D eigenvalue weighted by atomic mass is 10.1. The van der Waals surface area contributed by atoms with Crippen LogP contribution in [0.25, 0.3) is 0 Å². The van der Waals surface area contributed by atoms with E-state index in [4.69, 9.17) is 4.99 Å². The molecule has 0 aliphatic carbocycles. The topological polar surface area (TPSA) is 74.5 Å². The Hall–Kier alpha value is -2.83. The van der Waals surface area contributed by atoms with Crippen LogP contribution in [-0.2, 0) is 20.0 Å². The van der Waals surface area contributed by atoms with Gasteiger partial charge < -0.3 is 15.5 Å². The highest BCUT2D eigenvalue weighted by atomic mass is 16.2. The molecule has 0 aliphatic heterocycles. The summed E-state index contributed by atoms with van der Waals surface area (Å²) in [4.78, 5) is 18.4. The van der Waals surface area contributed by atoms with Crippen molar-refractivity contribution in [1.29, 1.82) is 0 Å². The minimum atomic E-state index is 0.0203. The number of hydrogen-bond donors (Lipinski definition) is 2. The number of aliphatic imine (C=N–C) groups is 1. The van der Waals surface area contributed by atoms with Gasteiger partial charge >= 0.3 is 0 Å². The van der Waals surface area contributed by atoms with E-state index in [1.807, 2.05) is 49.8 Å². The predicted molar refractivity (Wildman–Crippen MR) is 114 cm³/mol. The number of aryl methyl sites for hydroxylation is 2. The molecule has 0 unspecified atom stereocenters. The molecule has 2 aromatic rings. The molecular weight excluding hydrogens is 352 g/mol. The second kappa shape index (κ2) is 9.92. The first-order valence-electron chi connectivity index (χ1n) is 9.65. The van der Waals surface area contributed by atoms with Gasteiger partial charge in [0.05, 0.1) is 12.2 Å². The van der Waals surface area contributed by atoms with Crippen LogP contribution in [0.3, 0.4) is 0 Å². The smallest absolute Gasteiger partial charge is 0.253 e. The van der Waals surface area contributed by atoms with Gasteiger partial charge in [-0.15, -0.1) is 0 Å². The average molecular weight is 385 g/mol. The van der Waals surface area contributed by atoms with Gasteiger partial charge in [-0.25, -0.2) is 4.99 Å². The van der Waals surface area contributed by atoms with Gasteiger partial charge in [-0.2, -0.15) is 5.10 Å². The molecule has 0 spiro atoms. The van der Waals surface area contributed by atoms with Gasteiger partial charge in [0.2, 0.25) is 0 Å². The summed E-state index contributed by atoms with van der Waals surface area (Å²) in [6, 6.07) is 7.78. The molecule has 1 amide bonds. The Kier molecular flexibility index (Phi) is 7.61. The Morgan fingerprint density at radius 2 is 2.00 bits per heavy atom. The lowest BCUT2D eigenvalue weighted by molar-refractivity contribution is 0.0827. The first-order valence-corrected chi connectivity index (χ1v) is 9.65. The van der Waals surface area contributed by atoms with Crippen LogP contribution < -0.4 is 10.6 Å². The zero-order valence-electron chi connectivity index (χ0n) is 17.8. The molecule has 0 fully saturated rings. The number of carbonyl (C=O) groups is 1. The van der Waals surface area contributed by atoms with Crippen molar-refractivity contribution in [1.82, 2.24) is 25.3 Å². The van der Waals surface area contributed by atoms with Gasteiger partial charge in [-0.05, 0) is 44.9 Å². The first kappa shape index (κ1) is 21.5. The molecule has 152 valence electrons. The summed E-state index contributed by atoms with van der Waals surface area (Å²) >= 11 is 0. The van der Waals surface area contributed by atoms with Gasteiger partial charge in [0, 0.05) is 51.1 Å². The molecule has 2 N–H and O–H groups in total. The van der Waals surface area contributed by atoms with E-state index in [-0.39, 0.29) is 5.91 Å². The molecule has 0 aliphatic rings. The predicted octanol–water partition coefficient (Wildman–Crippen LogP) is 2.04. The molecule has 2 rings (SSSR count). The molecule has 0 saturated heterocycles. The largest absolute Gasteiger partial charge is 0.357 e. The van der Waals surface area contributed by atoms with Crippen LogP contribution in [0, 0.1) is 13.8 Å². The SMILES string of the molecule is CCNC(=NCc1c(C)nn(C)c1C)NCCc1cccc(C(=O)N(C)C)c1. The molecule has 7 nitrogen and oxygen atoms in total. The number of amides is 1. The minimum absolute atomic E-state index is 0.0203. The molecule has 28 heavy (non-hydrogen) atoms. The quantitative estimate of drug-likeness (QED) is 0.566. The van der Waals surface area contributed by atoms with Crippen LogP contribution in [0.5, 0.6) is 0 Å². The summed E-state index contributed by atoms with van der Waals surface area (Å²) in [6.07, 6.45) is 0.809. The van der Waals surface area contributed by atoms with Crippen LogP contribution in [0.1, 0.15) is 39.8 Å². The Morgan fingerprint density at radius 3 is 2.61 bits per heavy atom. The average Bonchev–Trinajstić information content (AvgIpc) is 2.91. The number of rotatable bonds is 7. The van der Waals surface area contributed by atoms with Crippen LogP contribution in [-0.4, -0.2) is 53.7 Å². The molecule has 1 aromatic carbocycles. The Labute approximate surface area is 167 Å². The molecule has 1 heterocycles. The van der Waals surface area contributed by atoms with Crippen molar-refractivity contribution < 1.29 is 4.79 Å². The van der Waals surface area contributed by atoms with Crippen molar-refractivity contribution in [3.63, 3.8) is 0 Å². The Morgan fingerprint density at radius 1 is 1.25 bits per heavy atom. The summed E-state index contributed by atoms with van der Waals surface area (Å²) in [7, 11) is 5.48. The molecule has 7 heteroatoms. The Balaban J connectivity index is 1.98. The van der Waals surface area contributed by atoms with E-state index in [0.717, 1.165) is 48.0 Å². The van der Waals surface area contributed by atoms with Gasteiger partial charge in [-0.3, -0.25) is 9.48 Å². The lowest BCUT2D eigenvalue weighted by Gasteiger charge is -2.13. The van der Waals surface area contributed by atoms with Crippen molar-refractivity contribution in [3.05, 3.63) is 52.3 Å². The number of aromatic nitrogens is 2. The number of carbonyl (C=O) groups excluding carboxylic acids is 1. The number of nitrogens with zero attached hydrogens (tertiary/aromatic N) is 4. The van der Waals surface area contributed by atoms with Crippen molar-refractivity contribution in [2.75, 3.05) is 27.2 Å². The summed E-state index contributed by atoms with van der Waals surface area (Å²) in [6.45, 7) is 8.25. The summed E-state index contributed by atoms with van der Waals surface area (Å²) in [5.41, 5.74) is 5.15. The lowest BCUT2D eigenvalue weighted by Crippen LogP contribution is -2.38. The van der Waals surface area contributed by atoms with Crippen LogP contribution in [0.2, 0.25) is 0 Å². The van der Waals surface area contributed by atoms with Crippen molar-refractivity contribution in [2.24, 2.45) is 12.0 Å². The maximum Gasteiger partial charge on any atom is 0.253 e. The van der Waals surface area contributed by atoms with Gasteiger partial charge in [0.25, 0.3) is 5.91 Å². The highest BCUT2D eigenvalue weighted by Gasteiger charge is 2.10. The van der Waals surface area contributed by atoms with Crippen LogP contribution in [0.4, 0.5) is 0 Å². The zero-order chi connectivity index (χ0) is 20.7. The molecular formula is C21H32N6O. The molecule has 0 saturated carbocycles. The highest BCUT2D eigenvalue weighted by molar-refractivity contribution is 5.94. The molecule has 0 bridgehead atoms. The third-order valence-electron chi connectivity index (χ3n) is 4.68. The normalized spacial score (nSPS) is 11.4. The van der Waals surface area contributed by atoms with E-state index >= 15 is 0 Å². The van der Waals surface area contributed by atoms with E-state index in [9.17, 15) is 4.79 Å². The number of nitrogens with one attached hydrogen (secondary N) is 2. The molecule has 1 aromatic heterocycles. The van der Waals surface area contributed by atoms with Crippen molar-refractivity contribution in [2.45, 2.75) is 33.7 Å². The van der Waals surface area contributed by atoms with E-state index in [1.165, 1.54) is 0 Å². The maximum absolute atomic E-state index is 12.1. The summed E-state index contributed by atoms with van der Waals surface area (Å²) in [5.74, 6) is 0.803. The zero-order valence-corrected chi connectivity index (χ0v) is 17.8. The van der Waals surface area contributed by atoms with E-state index in [2.05, 4.69) is 22.7 Å². The molecule has 0 atom stereocenters. The standard InChI is InChI=1S/C21H32N6O/c1-7-22-21(24-14-19-15(2)25-27(6)16(19)3)23-12-11-17-9-8-10-18(13-17)20(28)26(4)5/h8-10,13H,7,11-12,14H2,1-6H3,(H2,22,23,24). The van der Waals surface area contributed by atoms with Gasteiger partial charge in [0.15, 0.2) is 5.96 Å². The second-order valence-electron chi connectivity index (χ2n) is 7.04. The summed E-state index contributed by atoms with van der Waals surface area (Å²) < 4.78 is 1.89. The van der Waals surface area contributed by atoms with Crippen LogP contribution >= 0.6 is 0 Å². The van der Waals surface area contributed by atoms with E-state index in [0.29, 0.717) is 12.1 Å². The van der Waals surface area contributed by atoms with Crippen molar-refractivity contribution >= 4 is 11.9 Å². The second-order valence-corrected chi connectivity index (χ2v) is 7.04. The van der Waals surface area contributed by atoms with Gasteiger partial charge in [-0.1, -0.05) is 12.1 Å². The molecule has 0 radical (unpaired) electrons. The first-order chi connectivity index (χ1) is 13.3. The number of hydrogen-bond acceptors (Lipinski definition) is 3. The number of guanidine groups is 1. The minimum Gasteiger partial charge on any atom is -0.357 e. The summed E-state index contributed by atoms with van der Waals surface area (Å²) in [5, 5.41) is 11.1.